The molecule has 61 heavy (non-hydrogen) atoms. The van der Waals surface area contributed by atoms with Crippen LogP contribution in [-0.2, 0) is 16.0 Å². The topological polar surface area (TPSA) is 186 Å². The molecule has 5 saturated heterocycles. The number of carbonyl (C=O) groups is 6. The second-order valence-corrected chi connectivity index (χ2v) is 17.7. The summed E-state index contributed by atoms with van der Waals surface area (Å²) in [5, 5.41) is 2.26. The van der Waals surface area contributed by atoms with Crippen LogP contribution in [0.25, 0.3) is 0 Å². The maximum absolute atomic E-state index is 13.4. The number of benzene rings is 2. The first-order chi connectivity index (χ1) is 29.5. The molecule has 0 spiro atoms. The number of aromatic nitrogens is 2. The molecular formula is C45H54N10O6. The van der Waals surface area contributed by atoms with E-state index in [-0.39, 0.29) is 30.6 Å². The van der Waals surface area contributed by atoms with Gasteiger partial charge in [0.15, 0.2) is 0 Å². The molecule has 0 radical (unpaired) electrons. The number of carbonyl (C=O) groups excluding carboxylic acids is 6. The highest BCUT2D eigenvalue weighted by molar-refractivity contribution is 6.23. The van der Waals surface area contributed by atoms with Crippen LogP contribution in [0.1, 0.15) is 105 Å². The van der Waals surface area contributed by atoms with E-state index in [0.717, 1.165) is 107 Å². The summed E-state index contributed by atoms with van der Waals surface area (Å²) in [7, 11) is 1.84. The zero-order valence-electron chi connectivity index (χ0n) is 34.8. The lowest BCUT2D eigenvalue weighted by Crippen LogP contribution is -2.54. The number of nitrogens with two attached hydrogens (primary N) is 1. The Hall–Kier alpha value is -5.90. The molecule has 9 rings (SSSR count). The molecule has 3 N–H and O–H groups in total. The first kappa shape index (κ1) is 40.5. The van der Waals surface area contributed by atoms with Crippen molar-refractivity contribution in [2.75, 3.05) is 75.8 Å². The first-order valence-corrected chi connectivity index (χ1v) is 21.8. The number of likely N-dealkylation sites (N-methyl/N-ethyl adjacent to an activating group) is 1. The van der Waals surface area contributed by atoms with Crippen molar-refractivity contribution in [3.8, 4) is 0 Å². The number of likely N-dealkylation sites (tertiary alicyclic amines) is 1. The highest BCUT2D eigenvalue weighted by Gasteiger charge is 2.45. The Morgan fingerprint density at radius 3 is 2.31 bits per heavy atom. The molecule has 1 unspecified atom stereocenters. The summed E-state index contributed by atoms with van der Waals surface area (Å²) in [5.41, 5.74) is 10.4. The number of nitrogens with one attached hydrogen (secondary N) is 1. The van der Waals surface area contributed by atoms with Gasteiger partial charge in [0.05, 0.1) is 29.1 Å². The number of fused-ring (bicyclic) bond motifs is 1. The molecule has 16 heteroatoms. The van der Waals surface area contributed by atoms with Gasteiger partial charge in [-0.05, 0) is 99.2 Å². The molecule has 0 aliphatic carbocycles. The zero-order chi connectivity index (χ0) is 42.4. The van der Waals surface area contributed by atoms with Gasteiger partial charge in [-0.3, -0.25) is 34.2 Å². The molecule has 1 aromatic heterocycles. The van der Waals surface area contributed by atoms with Gasteiger partial charge in [-0.15, -0.1) is 0 Å². The van der Waals surface area contributed by atoms with E-state index in [4.69, 9.17) is 10.7 Å². The predicted molar refractivity (Wildman–Crippen MR) is 226 cm³/mol. The zero-order valence-corrected chi connectivity index (χ0v) is 34.8. The standard InChI is InChI=1S/C45H54N10O6/c1-50-20-21-54(45(50)61)33-5-3-17-53(27-33)38-24-47-40(41(46)57)36(48-38)22-28-6-8-30(9-7-28)31-14-18-51(19-15-31)25-29-4-2-16-52(26-29)32-10-11-34-35(23-32)44(60)55(43(34)59)37-12-13-39(56)49-42(37)58/h6-11,23-24,29,31,33,37H,2-5,12-22,25-27H2,1H3,(H2,46,57)(H,49,56,58)/t29-,33+,37?/m0/s1. The van der Waals surface area contributed by atoms with Gasteiger partial charge in [0, 0.05) is 71.4 Å². The highest BCUT2D eigenvalue weighted by Crippen LogP contribution is 2.34. The second-order valence-electron chi connectivity index (χ2n) is 17.7. The van der Waals surface area contributed by atoms with Gasteiger partial charge in [-0.2, -0.15) is 0 Å². The van der Waals surface area contributed by atoms with E-state index < -0.39 is 35.6 Å². The van der Waals surface area contributed by atoms with Crippen molar-refractivity contribution >= 4 is 47.1 Å². The van der Waals surface area contributed by atoms with Crippen LogP contribution in [0.4, 0.5) is 16.3 Å². The number of rotatable bonds is 10. The molecule has 3 atom stereocenters. The number of primary amides is 1. The number of imide groups is 2. The van der Waals surface area contributed by atoms with E-state index in [1.165, 1.54) is 5.56 Å². The molecule has 0 bridgehead atoms. The summed E-state index contributed by atoms with van der Waals surface area (Å²) in [5.74, 6) is -0.935. The third-order valence-corrected chi connectivity index (χ3v) is 13.7. The molecule has 16 nitrogen and oxygen atoms in total. The van der Waals surface area contributed by atoms with Crippen LogP contribution >= 0.6 is 0 Å². The number of hydrogen-bond donors (Lipinski definition) is 2. The van der Waals surface area contributed by atoms with Crippen LogP contribution in [0.15, 0.2) is 48.7 Å². The predicted octanol–water partition coefficient (Wildman–Crippen LogP) is 3.00. The van der Waals surface area contributed by atoms with E-state index in [2.05, 4.69) is 49.3 Å². The largest absolute Gasteiger partial charge is 0.371 e. The van der Waals surface area contributed by atoms with Gasteiger partial charge >= 0.3 is 6.03 Å². The number of piperidine rings is 4. The van der Waals surface area contributed by atoms with Crippen molar-refractivity contribution in [1.29, 1.82) is 0 Å². The lowest BCUT2D eigenvalue weighted by molar-refractivity contribution is -0.136. The molecule has 5 fully saturated rings. The van der Waals surface area contributed by atoms with Crippen LogP contribution in [-0.4, -0.2) is 143 Å². The van der Waals surface area contributed by atoms with E-state index in [1.807, 2.05) is 18.0 Å². The van der Waals surface area contributed by atoms with E-state index >= 15 is 0 Å². The molecular weight excluding hydrogens is 777 g/mol. The van der Waals surface area contributed by atoms with E-state index in [0.29, 0.717) is 47.4 Å². The van der Waals surface area contributed by atoms with Crippen LogP contribution < -0.4 is 20.9 Å². The second kappa shape index (κ2) is 16.9. The highest BCUT2D eigenvalue weighted by atomic mass is 16.2. The van der Waals surface area contributed by atoms with E-state index in [9.17, 15) is 28.8 Å². The van der Waals surface area contributed by atoms with Crippen molar-refractivity contribution in [2.24, 2.45) is 11.7 Å². The molecule has 7 amide bonds. The van der Waals surface area contributed by atoms with Gasteiger partial charge in [-0.25, -0.2) is 14.8 Å². The van der Waals surface area contributed by atoms with Crippen molar-refractivity contribution < 1.29 is 28.8 Å². The van der Waals surface area contributed by atoms with Gasteiger partial charge < -0.3 is 30.2 Å². The Kier molecular flexibility index (Phi) is 11.2. The number of hydrogen-bond acceptors (Lipinski definition) is 11. The van der Waals surface area contributed by atoms with Gasteiger partial charge in [0.2, 0.25) is 11.8 Å². The first-order valence-electron chi connectivity index (χ1n) is 21.8. The smallest absolute Gasteiger partial charge is 0.320 e. The van der Waals surface area contributed by atoms with E-state index in [1.54, 1.807) is 23.2 Å². The summed E-state index contributed by atoms with van der Waals surface area (Å²) >= 11 is 0. The molecule has 0 saturated carbocycles. The third kappa shape index (κ3) is 8.17. The minimum Gasteiger partial charge on any atom is -0.371 e. The van der Waals surface area contributed by atoms with Crippen molar-refractivity contribution in [2.45, 2.75) is 75.8 Å². The fraction of sp³-hybridized carbons (Fsp3) is 0.511. The monoisotopic (exact) mass is 830 g/mol. The quantitative estimate of drug-likeness (QED) is 0.287. The number of urea groups is 1. The van der Waals surface area contributed by atoms with Gasteiger partial charge in [0.1, 0.15) is 17.6 Å². The Morgan fingerprint density at radius 1 is 0.820 bits per heavy atom. The molecule has 320 valence electrons. The summed E-state index contributed by atoms with van der Waals surface area (Å²) < 4.78 is 0. The average Bonchev–Trinajstić information content (AvgIpc) is 3.73. The third-order valence-electron chi connectivity index (χ3n) is 13.7. The summed E-state index contributed by atoms with van der Waals surface area (Å²) in [6.07, 6.45) is 8.48. The minimum atomic E-state index is -0.976. The molecule has 3 aromatic rings. The summed E-state index contributed by atoms with van der Waals surface area (Å²) in [6, 6.07) is 13.3. The van der Waals surface area contributed by atoms with Crippen LogP contribution in [0, 0.1) is 5.92 Å². The Labute approximate surface area is 355 Å². The van der Waals surface area contributed by atoms with Crippen molar-refractivity contribution in [3.05, 3.63) is 82.3 Å². The fourth-order valence-electron chi connectivity index (χ4n) is 10.3. The minimum absolute atomic E-state index is 0.0722. The Balaban J connectivity index is 0.781. The molecule has 7 heterocycles. The molecule has 2 aromatic carbocycles. The fourth-order valence-corrected chi connectivity index (χ4v) is 10.3. The molecule has 6 aliphatic rings. The maximum Gasteiger partial charge on any atom is 0.320 e. The SMILES string of the molecule is CN1CCN([C@@H]2CCCN(c3cnc(C(N)=O)c(Cc4ccc(C5CCN(C[C@@H]6CCCN(c7ccc8c(c7)C(=O)N(C7CCC(=O)NC7=O)C8=O)C6)CC5)cc4)n3)C2)C1=O. The van der Waals surface area contributed by atoms with Crippen LogP contribution in [0.3, 0.4) is 0 Å². The van der Waals surface area contributed by atoms with Crippen LogP contribution in [0.5, 0.6) is 0 Å². The van der Waals surface area contributed by atoms with Crippen LogP contribution in [0.2, 0.25) is 0 Å². The Bertz CT molecular complexity index is 2240. The summed E-state index contributed by atoms with van der Waals surface area (Å²) in [4.78, 5) is 97.2. The molecule has 6 aliphatic heterocycles. The van der Waals surface area contributed by atoms with Gasteiger partial charge in [0.25, 0.3) is 17.7 Å². The van der Waals surface area contributed by atoms with Crippen molar-refractivity contribution in [3.63, 3.8) is 0 Å². The summed E-state index contributed by atoms with van der Waals surface area (Å²) in [6.45, 7) is 7.71. The lowest BCUT2D eigenvalue weighted by Gasteiger charge is -2.39. The maximum atomic E-state index is 13.4. The average molecular weight is 831 g/mol. The number of nitrogens with zero attached hydrogens (tertiary/aromatic N) is 8. The number of amides is 7. The lowest BCUT2D eigenvalue weighted by atomic mass is 9.88. The Morgan fingerprint density at radius 2 is 1.57 bits per heavy atom. The normalized spacial score (nSPS) is 24.2. The number of anilines is 2. The van der Waals surface area contributed by atoms with Crippen molar-refractivity contribution in [1.82, 2.24) is 34.9 Å². The van der Waals surface area contributed by atoms with Gasteiger partial charge in [-0.1, -0.05) is 24.3 Å².